The molecule has 0 saturated carbocycles. The Morgan fingerprint density at radius 2 is 1.83 bits per heavy atom. The van der Waals surface area contributed by atoms with E-state index in [9.17, 15) is 9.59 Å². The lowest BCUT2D eigenvalue weighted by Gasteiger charge is -2.24. The van der Waals surface area contributed by atoms with Crippen molar-refractivity contribution in [3.63, 3.8) is 0 Å². The molecule has 0 heterocycles. The number of nitrogens with zero attached hydrogens (tertiary/aromatic N) is 1. The van der Waals surface area contributed by atoms with Gasteiger partial charge >= 0.3 is 5.97 Å². The number of carbonyl (C=O) groups is 2. The lowest BCUT2D eigenvalue weighted by Crippen LogP contribution is -2.40. The van der Waals surface area contributed by atoms with Gasteiger partial charge < -0.3 is 19.1 Å². The first-order valence-electron chi connectivity index (χ1n) is 5.90. The maximum Gasteiger partial charge on any atom is 0.310 e. The fourth-order valence-electron chi connectivity index (χ4n) is 1.54. The van der Waals surface area contributed by atoms with Gasteiger partial charge in [-0.15, -0.1) is 0 Å². The molecule has 0 aromatic rings. The van der Waals surface area contributed by atoms with Crippen LogP contribution in [-0.2, 0) is 23.8 Å². The molecular formula is C12H23NO5. The van der Waals surface area contributed by atoms with E-state index in [1.807, 2.05) is 0 Å². The fourth-order valence-corrected chi connectivity index (χ4v) is 1.54. The maximum atomic E-state index is 11.8. The molecule has 1 atom stereocenters. The summed E-state index contributed by atoms with van der Waals surface area (Å²) in [6.07, 6.45) is 0.722. The number of carbonyl (C=O) groups excluding carboxylic acids is 2. The molecule has 0 aromatic heterocycles. The Balaban J connectivity index is 4.35. The molecule has 0 bridgehead atoms. The summed E-state index contributed by atoms with van der Waals surface area (Å²) in [5, 5.41) is 0. The average molecular weight is 261 g/mol. The Bertz CT molecular complexity index is 257. The summed E-state index contributed by atoms with van der Waals surface area (Å²) in [7, 11) is 4.42. The molecule has 1 amide bonds. The fraction of sp³-hybridized carbons (Fsp3) is 0.833. The largest absolute Gasteiger partial charge is 0.469 e. The van der Waals surface area contributed by atoms with E-state index in [1.165, 1.54) is 14.2 Å². The van der Waals surface area contributed by atoms with Crippen molar-refractivity contribution in [1.82, 2.24) is 4.90 Å². The maximum absolute atomic E-state index is 11.8. The Labute approximate surface area is 108 Å². The molecule has 0 aliphatic heterocycles. The van der Waals surface area contributed by atoms with Crippen LogP contribution in [0.5, 0.6) is 0 Å². The number of esters is 1. The minimum absolute atomic E-state index is 0.0148. The third kappa shape index (κ3) is 6.56. The van der Waals surface area contributed by atoms with Crippen molar-refractivity contribution in [2.45, 2.75) is 13.3 Å². The molecule has 0 spiro atoms. The standard InChI is InChI=1S/C12H23NO5/c1-10(12(15)18-4)8-13(6-5-7-16-2)11(14)9-17-3/h10H,5-9H2,1-4H3. The second-order valence-corrected chi connectivity index (χ2v) is 4.04. The van der Waals surface area contributed by atoms with E-state index in [2.05, 4.69) is 4.74 Å². The van der Waals surface area contributed by atoms with E-state index in [1.54, 1.807) is 18.9 Å². The third-order valence-corrected chi connectivity index (χ3v) is 2.49. The molecule has 0 rings (SSSR count). The van der Waals surface area contributed by atoms with Gasteiger partial charge in [-0.25, -0.2) is 0 Å². The van der Waals surface area contributed by atoms with E-state index in [-0.39, 0.29) is 24.4 Å². The summed E-state index contributed by atoms with van der Waals surface area (Å²) in [4.78, 5) is 24.7. The Morgan fingerprint density at radius 3 is 2.33 bits per heavy atom. The summed E-state index contributed by atoms with van der Waals surface area (Å²) in [5.74, 6) is -0.806. The normalized spacial score (nSPS) is 12.0. The van der Waals surface area contributed by atoms with Gasteiger partial charge in [0.05, 0.1) is 13.0 Å². The van der Waals surface area contributed by atoms with Gasteiger partial charge in [-0.3, -0.25) is 9.59 Å². The number of amides is 1. The van der Waals surface area contributed by atoms with Crippen molar-refractivity contribution in [3.05, 3.63) is 0 Å². The number of rotatable bonds is 9. The van der Waals surface area contributed by atoms with Crippen LogP contribution in [0.2, 0.25) is 0 Å². The summed E-state index contributed by atoms with van der Waals surface area (Å²) in [5.41, 5.74) is 0. The van der Waals surface area contributed by atoms with Crippen molar-refractivity contribution < 1.29 is 23.8 Å². The quantitative estimate of drug-likeness (QED) is 0.441. The first-order chi connectivity index (χ1) is 8.56. The molecule has 6 nitrogen and oxygen atoms in total. The van der Waals surface area contributed by atoms with Gasteiger partial charge in [0.25, 0.3) is 0 Å². The van der Waals surface area contributed by atoms with Crippen LogP contribution in [0.3, 0.4) is 0 Å². The van der Waals surface area contributed by atoms with Crippen LogP contribution in [0.15, 0.2) is 0 Å². The lowest BCUT2D eigenvalue weighted by molar-refractivity contribution is -0.147. The van der Waals surface area contributed by atoms with Gasteiger partial charge in [0.2, 0.25) is 5.91 Å². The van der Waals surface area contributed by atoms with Crippen molar-refractivity contribution in [2.75, 3.05) is 47.6 Å². The second-order valence-electron chi connectivity index (χ2n) is 4.04. The van der Waals surface area contributed by atoms with Crippen LogP contribution in [-0.4, -0.2) is 64.4 Å². The van der Waals surface area contributed by atoms with Crippen molar-refractivity contribution in [3.8, 4) is 0 Å². The minimum atomic E-state index is -0.349. The Hall–Kier alpha value is -1.14. The molecule has 106 valence electrons. The molecule has 6 heteroatoms. The van der Waals surface area contributed by atoms with Crippen LogP contribution in [0, 0.1) is 5.92 Å². The smallest absolute Gasteiger partial charge is 0.310 e. The Kier molecular flexibility index (Phi) is 9.22. The van der Waals surface area contributed by atoms with E-state index >= 15 is 0 Å². The average Bonchev–Trinajstić information content (AvgIpc) is 2.36. The highest BCUT2D eigenvalue weighted by atomic mass is 16.5. The van der Waals surface area contributed by atoms with Crippen LogP contribution >= 0.6 is 0 Å². The van der Waals surface area contributed by atoms with Gasteiger partial charge in [0.1, 0.15) is 6.61 Å². The molecule has 0 aliphatic carbocycles. The first-order valence-corrected chi connectivity index (χ1v) is 5.90. The van der Waals surface area contributed by atoms with E-state index in [4.69, 9.17) is 9.47 Å². The number of ether oxygens (including phenoxy) is 3. The molecule has 0 aromatic carbocycles. The molecule has 18 heavy (non-hydrogen) atoms. The van der Waals surface area contributed by atoms with Gasteiger partial charge in [-0.1, -0.05) is 6.92 Å². The van der Waals surface area contributed by atoms with Gasteiger partial charge in [-0.2, -0.15) is 0 Å². The lowest BCUT2D eigenvalue weighted by atomic mass is 10.1. The van der Waals surface area contributed by atoms with E-state index in [0.29, 0.717) is 19.7 Å². The highest BCUT2D eigenvalue weighted by Crippen LogP contribution is 2.04. The van der Waals surface area contributed by atoms with Crippen LogP contribution in [0.25, 0.3) is 0 Å². The van der Waals surface area contributed by atoms with Crippen molar-refractivity contribution in [2.24, 2.45) is 5.92 Å². The second kappa shape index (κ2) is 9.85. The number of hydrogen-bond acceptors (Lipinski definition) is 5. The summed E-state index contributed by atoms with van der Waals surface area (Å²) >= 11 is 0. The van der Waals surface area contributed by atoms with Crippen LogP contribution in [0.1, 0.15) is 13.3 Å². The Morgan fingerprint density at radius 1 is 1.17 bits per heavy atom. The third-order valence-electron chi connectivity index (χ3n) is 2.49. The van der Waals surface area contributed by atoms with Gasteiger partial charge in [-0.05, 0) is 6.42 Å². The topological polar surface area (TPSA) is 65.1 Å². The number of hydrogen-bond donors (Lipinski definition) is 0. The molecule has 1 unspecified atom stereocenters. The van der Waals surface area contributed by atoms with E-state index < -0.39 is 0 Å². The van der Waals surface area contributed by atoms with Gasteiger partial charge in [0, 0.05) is 33.9 Å². The molecule has 0 saturated heterocycles. The molecule has 0 radical (unpaired) electrons. The first kappa shape index (κ1) is 16.9. The highest BCUT2D eigenvalue weighted by molar-refractivity contribution is 5.78. The summed E-state index contributed by atoms with van der Waals surface area (Å²) < 4.78 is 14.4. The van der Waals surface area contributed by atoms with Crippen LogP contribution < -0.4 is 0 Å². The monoisotopic (exact) mass is 261 g/mol. The SMILES string of the molecule is COCCCN(CC(C)C(=O)OC)C(=O)COC. The predicted octanol–water partition coefficient (Wildman–Crippen LogP) is 0.307. The number of methoxy groups -OCH3 is 3. The van der Waals surface area contributed by atoms with Crippen molar-refractivity contribution in [1.29, 1.82) is 0 Å². The minimum Gasteiger partial charge on any atom is -0.469 e. The summed E-state index contributed by atoms with van der Waals surface area (Å²) in [6.45, 7) is 3.19. The zero-order valence-electron chi connectivity index (χ0n) is 11.6. The zero-order chi connectivity index (χ0) is 14.0. The molecule has 0 aliphatic rings. The van der Waals surface area contributed by atoms with E-state index in [0.717, 1.165) is 6.42 Å². The molecular weight excluding hydrogens is 238 g/mol. The molecule has 0 fully saturated rings. The van der Waals surface area contributed by atoms with Crippen LogP contribution in [0.4, 0.5) is 0 Å². The zero-order valence-corrected chi connectivity index (χ0v) is 11.6. The predicted molar refractivity (Wildman–Crippen MR) is 66.1 cm³/mol. The van der Waals surface area contributed by atoms with Crippen molar-refractivity contribution >= 4 is 11.9 Å². The highest BCUT2D eigenvalue weighted by Gasteiger charge is 2.20. The molecule has 0 N–H and O–H groups in total. The summed E-state index contributed by atoms with van der Waals surface area (Å²) in [6, 6.07) is 0. The van der Waals surface area contributed by atoms with Gasteiger partial charge in [0.15, 0.2) is 0 Å².